The minimum absolute atomic E-state index is 0.325. The summed E-state index contributed by atoms with van der Waals surface area (Å²) in [5.74, 6) is -0.325. The molecule has 0 aliphatic rings. The second kappa shape index (κ2) is 5.46. The van der Waals surface area contributed by atoms with Gasteiger partial charge in [0.25, 0.3) is 0 Å². The highest BCUT2D eigenvalue weighted by Crippen LogP contribution is 2.24. The first-order valence-corrected chi connectivity index (χ1v) is 6.37. The number of hydrogen-bond acceptors (Lipinski definition) is 4. The minimum atomic E-state index is -0.325. The maximum absolute atomic E-state index is 9.24. The topological polar surface area (TPSA) is 49.6 Å². The Kier molecular flexibility index (Phi) is 3.73. The molecule has 1 aromatic heterocycles. The summed E-state index contributed by atoms with van der Waals surface area (Å²) in [6.45, 7) is 0. The van der Waals surface area contributed by atoms with E-state index in [-0.39, 0.29) is 5.92 Å². The van der Waals surface area contributed by atoms with Crippen LogP contribution < -0.4 is 0 Å². The van der Waals surface area contributed by atoms with E-state index >= 15 is 0 Å². The first-order chi connectivity index (χ1) is 8.35. The van der Waals surface area contributed by atoms with Crippen LogP contribution in [0.5, 0.6) is 0 Å². The van der Waals surface area contributed by atoms with Gasteiger partial charge in [-0.3, -0.25) is 0 Å². The molecule has 0 spiro atoms. The number of nitrogens with zero attached hydrogens (tertiary/aromatic N) is 3. The Labute approximate surface area is 105 Å². The van der Waals surface area contributed by atoms with Crippen LogP contribution in [0.1, 0.15) is 17.2 Å². The summed E-state index contributed by atoms with van der Waals surface area (Å²) in [4.78, 5) is 9.18. The van der Waals surface area contributed by atoms with Gasteiger partial charge in [-0.25, -0.2) is 9.97 Å². The van der Waals surface area contributed by atoms with Crippen LogP contribution in [-0.2, 0) is 0 Å². The van der Waals surface area contributed by atoms with Crippen LogP contribution in [0.15, 0.2) is 47.8 Å². The first-order valence-electron chi connectivity index (χ1n) is 5.14. The Morgan fingerprint density at radius 3 is 2.53 bits per heavy atom. The number of rotatable bonds is 3. The van der Waals surface area contributed by atoms with Gasteiger partial charge in [-0.15, -0.1) is 11.8 Å². The minimum Gasteiger partial charge on any atom is -0.245 e. The van der Waals surface area contributed by atoms with Gasteiger partial charge < -0.3 is 0 Å². The lowest BCUT2D eigenvalue weighted by molar-refractivity contribution is 0.941. The van der Waals surface area contributed by atoms with Crippen molar-refractivity contribution in [2.24, 2.45) is 0 Å². The first kappa shape index (κ1) is 11.6. The Morgan fingerprint density at radius 1 is 1.24 bits per heavy atom. The molecule has 1 aromatic carbocycles. The zero-order valence-electron chi connectivity index (χ0n) is 9.37. The van der Waals surface area contributed by atoms with Crippen LogP contribution in [0.4, 0.5) is 0 Å². The third kappa shape index (κ3) is 2.63. The molecule has 0 radical (unpaired) electrons. The smallest absolute Gasteiger partial charge is 0.115 e. The van der Waals surface area contributed by atoms with E-state index < -0.39 is 0 Å². The van der Waals surface area contributed by atoms with E-state index in [4.69, 9.17) is 0 Å². The van der Waals surface area contributed by atoms with Crippen LogP contribution in [0.25, 0.3) is 0 Å². The maximum atomic E-state index is 9.24. The summed E-state index contributed by atoms with van der Waals surface area (Å²) in [6.07, 6.45) is 5.15. The average Bonchev–Trinajstić information content (AvgIpc) is 2.42. The van der Waals surface area contributed by atoms with Crippen molar-refractivity contribution in [3.8, 4) is 6.07 Å². The number of nitriles is 1. The number of benzene rings is 1. The Bertz CT molecular complexity index is 517. The van der Waals surface area contributed by atoms with Gasteiger partial charge in [0.15, 0.2) is 0 Å². The van der Waals surface area contributed by atoms with E-state index in [0.29, 0.717) is 0 Å². The average molecular weight is 241 g/mol. The Hall–Kier alpha value is -1.86. The van der Waals surface area contributed by atoms with Crippen LogP contribution in [0.3, 0.4) is 0 Å². The molecule has 0 aliphatic heterocycles. The summed E-state index contributed by atoms with van der Waals surface area (Å²) < 4.78 is 0. The molecule has 0 saturated heterocycles. The molecule has 1 unspecified atom stereocenters. The molecule has 0 fully saturated rings. The molecule has 1 heterocycles. The van der Waals surface area contributed by atoms with E-state index in [1.807, 2.05) is 30.5 Å². The summed E-state index contributed by atoms with van der Waals surface area (Å²) in [7, 11) is 0. The summed E-state index contributed by atoms with van der Waals surface area (Å²) in [6, 6.07) is 12.0. The van der Waals surface area contributed by atoms with E-state index in [0.717, 1.165) is 11.3 Å². The quantitative estimate of drug-likeness (QED) is 0.775. The molecule has 84 valence electrons. The van der Waals surface area contributed by atoms with Crippen LogP contribution >= 0.6 is 11.8 Å². The van der Waals surface area contributed by atoms with Gasteiger partial charge in [0.1, 0.15) is 12.2 Å². The predicted molar refractivity (Wildman–Crippen MR) is 67.7 cm³/mol. The van der Waals surface area contributed by atoms with Crippen molar-refractivity contribution in [3.05, 3.63) is 54.1 Å². The second-order valence-corrected chi connectivity index (χ2v) is 4.35. The number of aromatic nitrogens is 2. The molecule has 4 heteroatoms. The van der Waals surface area contributed by atoms with Gasteiger partial charge in [0, 0.05) is 11.1 Å². The monoisotopic (exact) mass is 241 g/mol. The van der Waals surface area contributed by atoms with Gasteiger partial charge in [-0.1, -0.05) is 12.1 Å². The van der Waals surface area contributed by atoms with E-state index in [1.165, 1.54) is 11.2 Å². The van der Waals surface area contributed by atoms with Gasteiger partial charge in [0.05, 0.1) is 11.8 Å². The Morgan fingerprint density at radius 2 is 2.00 bits per heavy atom. The van der Waals surface area contributed by atoms with E-state index in [1.54, 1.807) is 24.0 Å². The number of thioether (sulfide) groups is 1. The third-order valence-electron chi connectivity index (χ3n) is 2.48. The molecule has 17 heavy (non-hydrogen) atoms. The maximum Gasteiger partial charge on any atom is 0.115 e. The zero-order chi connectivity index (χ0) is 12.1. The molecule has 0 amide bonds. The van der Waals surface area contributed by atoms with Crippen molar-refractivity contribution in [2.45, 2.75) is 10.8 Å². The molecule has 0 aliphatic carbocycles. The van der Waals surface area contributed by atoms with Crippen LogP contribution in [0, 0.1) is 11.3 Å². The van der Waals surface area contributed by atoms with Crippen molar-refractivity contribution in [2.75, 3.05) is 6.26 Å². The lowest BCUT2D eigenvalue weighted by atomic mass is 9.97. The molecule has 1 atom stereocenters. The molecule has 0 bridgehead atoms. The molecule has 0 N–H and O–H groups in total. The summed E-state index contributed by atoms with van der Waals surface area (Å²) >= 11 is 1.68. The van der Waals surface area contributed by atoms with Crippen molar-refractivity contribution in [3.63, 3.8) is 0 Å². The number of hydrogen-bond donors (Lipinski definition) is 0. The summed E-state index contributed by atoms with van der Waals surface area (Å²) in [5, 5.41) is 9.24. The SMILES string of the molecule is CSc1ccc(C(C#N)c2ccncn2)cc1. The molecule has 2 aromatic rings. The fourth-order valence-electron chi connectivity index (χ4n) is 1.58. The van der Waals surface area contributed by atoms with Crippen LogP contribution in [0.2, 0.25) is 0 Å². The van der Waals surface area contributed by atoms with Crippen molar-refractivity contribution in [1.29, 1.82) is 5.26 Å². The zero-order valence-corrected chi connectivity index (χ0v) is 10.2. The molecule has 3 nitrogen and oxygen atoms in total. The van der Waals surface area contributed by atoms with Crippen molar-refractivity contribution >= 4 is 11.8 Å². The highest BCUT2D eigenvalue weighted by Gasteiger charge is 2.14. The van der Waals surface area contributed by atoms with Crippen molar-refractivity contribution < 1.29 is 0 Å². The van der Waals surface area contributed by atoms with Gasteiger partial charge in [-0.2, -0.15) is 5.26 Å². The van der Waals surface area contributed by atoms with E-state index in [2.05, 4.69) is 16.0 Å². The summed E-state index contributed by atoms with van der Waals surface area (Å²) in [5.41, 5.74) is 1.70. The van der Waals surface area contributed by atoms with Gasteiger partial charge >= 0.3 is 0 Å². The van der Waals surface area contributed by atoms with Crippen molar-refractivity contribution in [1.82, 2.24) is 9.97 Å². The largest absolute Gasteiger partial charge is 0.245 e. The Balaban J connectivity index is 2.33. The lowest BCUT2D eigenvalue weighted by Crippen LogP contribution is -2.00. The molecule has 0 saturated carbocycles. The third-order valence-corrected chi connectivity index (χ3v) is 3.22. The molecule has 2 rings (SSSR count). The highest BCUT2D eigenvalue weighted by molar-refractivity contribution is 7.98. The lowest BCUT2D eigenvalue weighted by Gasteiger charge is -2.08. The standard InChI is InChI=1S/C13H11N3S/c1-17-11-4-2-10(3-5-11)12(8-14)13-6-7-15-9-16-13/h2-7,9,12H,1H3. The fourth-order valence-corrected chi connectivity index (χ4v) is 1.99. The van der Waals surface area contributed by atoms with Gasteiger partial charge in [-0.05, 0) is 30.0 Å². The second-order valence-electron chi connectivity index (χ2n) is 3.47. The van der Waals surface area contributed by atoms with Crippen LogP contribution in [-0.4, -0.2) is 16.2 Å². The molecular weight excluding hydrogens is 230 g/mol. The highest BCUT2D eigenvalue weighted by atomic mass is 32.2. The predicted octanol–water partition coefficient (Wildman–Crippen LogP) is 2.85. The van der Waals surface area contributed by atoms with Gasteiger partial charge in [0.2, 0.25) is 0 Å². The molecular formula is C13H11N3S. The normalized spacial score (nSPS) is 11.8. The fraction of sp³-hybridized carbons (Fsp3) is 0.154. The van der Waals surface area contributed by atoms with E-state index in [9.17, 15) is 5.26 Å².